The second-order valence-corrected chi connectivity index (χ2v) is 13.7. The van der Waals surface area contributed by atoms with Crippen molar-refractivity contribution in [2.75, 3.05) is 46.2 Å². The van der Waals surface area contributed by atoms with Crippen molar-refractivity contribution in [3.05, 3.63) is 60.7 Å². The van der Waals surface area contributed by atoms with Crippen LogP contribution in [-0.4, -0.2) is 54.6 Å². The molecule has 5 heteroatoms. The van der Waals surface area contributed by atoms with Crippen LogP contribution in [0.15, 0.2) is 60.7 Å². The molecule has 0 aliphatic heterocycles. The van der Waals surface area contributed by atoms with E-state index in [1.54, 1.807) is 0 Å². The lowest BCUT2D eigenvalue weighted by molar-refractivity contribution is 0.00823. The first-order valence-corrected chi connectivity index (χ1v) is 14.4. The Morgan fingerprint density at radius 1 is 0.576 bits per heavy atom. The van der Waals surface area contributed by atoms with Gasteiger partial charge < -0.3 is 18.6 Å². The second-order valence-electron chi connectivity index (χ2n) is 9.41. The van der Waals surface area contributed by atoms with Gasteiger partial charge in [0.15, 0.2) is 0 Å². The van der Waals surface area contributed by atoms with E-state index in [1.165, 1.54) is 29.6 Å². The molecule has 0 saturated carbocycles. The van der Waals surface area contributed by atoms with E-state index < -0.39 is 8.32 Å². The summed E-state index contributed by atoms with van der Waals surface area (Å²) in [5.41, 5.74) is 0. The molecule has 0 fully saturated rings. The summed E-state index contributed by atoms with van der Waals surface area (Å²) in [6.07, 6.45) is 4.94. The van der Waals surface area contributed by atoms with E-state index in [4.69, 9.17) is 18.6 Å². The summed E-state index contributed by atoms with van der Waals surface area (Å²) in [6, 6.07) is 21.4. The highest BCUT2D eigenvalue weighted by Crippen LogP contribution is 2.36. The van der Waals surface area contributed by atoms with Gasteiger partial charge in [-0.15, -0.1) is 0 Å². The lowest BCUT2D eigenvalue weighted by Gasteiger charge is -2.43. The van der Waals surface area contributed by atoms with E-state index in [2.05, 4.69) is 88.4 Å². The van der Waals surface area contributed by atoms with Gasteiger partial charge in [-0.2, -0.15) is 0 Å². The van der Waals surface area contributed by atoms with Crippen molar-refractivity contribution in [3.8, 4) is 0 Å². The van der Waals surface area contributed by atoms with Crippen molar-refractivity contribution in [3.63, 3.8) is 0 Å². The Morgan fingerprint density at radius 2 is 1.03 bits per heavy atom. The molecule has 0 aromatic heterocycles. The fraction of sp³-hybridized carbons (Fsp3) is 0.571. The number of hydrogen-bond donors (Lipinski definition) is 0. The Kier molecular flexibility index (Phi) is 13.0. The molecule has 2 aromatic carbocycles. The van der Waals surface area contributed by atoms with Crippen LogP contribution in [0, 0.1) is 0 Å². The van der Waals surface area contributed by atoms with Crippen LogP contribution in [0.25, 0.3) is 0 Å². The van der Waals surface area contributed by atoms with E-state index >= 15 is 0 Å². The molecular weight excluding hydrogens is 428 g/mol. The lowest BCUT2D eigenvalue weighted by Crippen LogP contribution is -2.66. The number of rotatable bonds is 17. The zero-order valence-electron chi connectivity index (χ0n) is 21.2. The third-order valence-corrected chi connectivity index (χ3v) is 10.9. The fourth-order valence-electron chi connectivity index (χ4n) is 4.19. The fourth-order valence-corrected chi connectivity index (χ4v) is 8.73. The third kappa shape index (κ3) is 8.99. The Hall–Kier alpha value is -1.50. The third-order valence-electron chi connectivity index (χ3n) is 5.85. The van der Waals surface area contributed by atoms with Crippen LogP contribution >= 0.6 is 0 Å². The summed E-state index contributed by atoms with van der Waals surface area (Å²) in [5.74, 6) is 0. The zero-order chi connectivity index (χ0) is 23.8. The maximum Gasteiger partial charge on any atom is 0.261 e. The van der Waals surface area contributed by atoms with Crippen molar-refractivity contribution in [1.82, 2.24) is 0 Å². The van der Waals surface area contributed by atoms with Gasteiger partial charge in [-0.1, -0.05) is 108 Å². The molecule has 0 aliphatic rings. The number of ether oxygens (including phenoxy) is 3. The topological polar surface area (TPSA) is 36.9 Å². The Balaban J connectivity index is 1.77. The lowest BCUT2D eigenvalue weighted by atomic mass is 10.2. The summed E-state index contributed by atoms with van der Waals surface area (Å²) in [4.78, 5) is 0. The molecule has 4 nitrogen and oxygen atoms in total. The predicted molar refractivity (Wildman–Crippen MR) is 140 cm³/mol. The van der Waals surface area contributed by atoms with Crippen LogP contribution in [0.5, 0.6) is 0 Å². The van der Waals surface area contributed by atoms with Crippen LogP contribution < -0.4 is 10.4 Å². The zero-order valence-corrected chi connectivity index (χ0v) is 22.2. The smallest absolute Gasteiger partial charge is 0.261 e. The normalized spacial score (nSPS) is 12.2. The molecule has 0 spiro atoms. The van der Waals surface area contributed by atoms with Crippen LogP contribution in [0.2, 0.25) is 5.04 Å². The minimum atomic E-state index is -2.48. The van der Waals surface area contributed by atoms with Gasteiger partial charge in [0, 0.05) is 6.61 Å². The van der Waals surface area contributed by atoms with Gasteiger partial charge >= 0.3 is 0 Å². The van der Waals surface area contributed by atoms with Gasteiger partial charge in [0.25, 0.3) is 8.32 Å². The monoisotopic (exact) mass is 472 g/mol. The summed E-state index contributed by atoms with van der Waals surface area (Å²) in [7, 11) is -2.48. The van der Waals surface area contributed by atoms with Crippen LogP contribution in [0.3, 0.4) is 0 Å². The molecule has 0 saturated heterocycles. The first-order chi connectivity index (χ1) is 16.0. The molecule has 0 heterocycles. The maximum absolute atomic E-state index is 6.82. The minimum absolute atomic E-state index is 0.0185. The molecule has 0 unspecified atom stereocenters. The highest BCUT2D eigenvalue weighted by Gasteiger charge is 2.49. The Morgan fingerprint density at radius 3 is 1.48 bits per heavy atom. The second kappa shape index (κ2) is 15.4. The van der Waals surface area contributed by atoms with Crippen LogP contribution in [0.4, 0.5) is 0 Å². The van der Waals surface area contributed by atoms with Crippen LogP contribution in [0.1, 0.15) is 53.4 Å². The summed E-state index contributed by atoms with van der Waals surface area (Å²) in [6.45, 7) is 13.5. The summed E-state index contributed by atoms with van der Waals surface area (Å²) in [5, 5.41) is 2.57. The average molecular weight is 473 g/mol. The molecule has 2 rings (SSSR count). The van der Waals surface area contributed by atoms with E-state index in [9.17, 15) is 0 Å². The van der Waals surface area contributed by atoms with E-state index in [0.29, 0.717) is 39.6 Å². The van der Waals surface area contributed by atoms with E-state index in [0.717, 1.165) is 13.0 Å². The van der Waals surface area contributed by atoms with Crippen molar-refractivity contribution >= 4 is 18.7 Å². The molecule has 0 aliphatic carbocycles. The predicted octanol–water partition coefficient (Wildman–Crippen LogP) is 5.19. The van der Waals surface area contributed by atoms with Crippen molar-refractivity contribution < 1.29 is 18.6 Å². The quantitative estimate of drug-likeness (QED) is 0.234. The molecule has 0 radical (unpaired) electrons. The van der Waals surface area contributed by atoms with Crippen molar-refractivity contribution in [2.45, 2.75) is 58.4 Å². The SMILES string of the molecule is CCCCCCOCCOCCOCCO[Si](c1ccccc1)(c1ccccc1)C(C)(C)C. The highest BCUT2D eigenvalue weighted by atomic mass is 28.4. The van der Waals surface area contributed by atoms with E-state index in [1.807, 2.05) is 0 Å². The Bertz CT molecular complexity index is 691. The van der Waals surface area contributed by atoms with Gasteiger partial charge in [-0.25, -0.2) is 0 Å². The molecule has 0 atom stereocenters. The number of benzene rings is 2. The van der Waals surface area contributed by atoms with Gasteiger partial charge in [0.05, 0.1) is 39.6 Å². The van der Waals surface area contributed by atoms with Crippen molar-refractivity contribution in [2.24, 2.45) is 0 Å². The standard InChI is InChI=1S/C28H44O4Si/c1-5-6-7-14-19-29-20-21-30-22-23-31-24-25-32-33(28(2,3)4,26-15-10-8-11-16-26)27-17-12-9-13-18-27/h8-13,15-18H,5-7,14,19-25H2,1-4H3. The van der Waals surface area contributed by atoms with Crippen molar-refractivity contribution in [1.29, 1.82) is 0 Å². The molecule has 0 bridgehead atoms. The van der Waals surface area contributed by atoms with Gasteiger partial charge in [0.1, 0.15) is 0 Å². The van der Waals surface area contributed by atoms with Gasteiger partial charge in [-0.05, 0) is 21.8 Å². The molecular formula is C28H44O4Si. The minimum Gasteiger partial charge on any atom is -0.405 e. The number of hydrogen-bond acceptors (Lipinski definition) is 4. The average Bonchev–Trinajstić information content (AvgIpc) is 2.82. The molecule has 0 N–H and O–H groups in total. The molecule has 2 aromatic rings. The Labute approximate surface area is 202 Å². The first-order valence-electron chi connectivity index (χ1n) is 12.5. The first kappa shape index (κ1) is 27.7. The maximum atomic E-state index is 6.82. The van der Waals surface area contributed by atoms with Gasteiger partial charge in [-0.3, -0.25) is 0 Å². The van der Waals surface area contributed by atoms with Gasteiger partial charge in [0.2, 0.25) is 0 Å². The van der Waals surface area contributed by atoms with E-state index in [-0.39, 0.29) is 5.04 Å². The highest BCUT2D eigenvalue weighted by molar-refractivity contribution is 6.99. The van der Waals surface area contributed by atoms with Crippen LogP contribution in [-0.2, 0) is 18.6 Å². The largest absolute Gasteiger partial charge is 0.405 e. The number of unbranched alkanes of at least 4 members (excludes halogenated alkanes) is 3. The molecule has 0 amide bonds. The summed E-state index contributed by atoms with van der Waals surface area (Å²) >= 11 is 0. The molecule has 184 valence electrons. The summed E-state index contributed by atoms with van der Waals surface area (Å²) < 4.78 is 23.9. The molecule has 33 heavy (non-hydrogen) atoms.